The SMILES string of the molecule is COC1=CN=N[C@@H](C)C1. The van der Waals surface area contributed by atoms with Crippen molar-refractivity contribution in [3.63, 3.8) is 0 Å². The van der Waals surface area contributed by atoms with E-state index in [-0.39, 0.29) is 6.04 Å². The topological polar surface area (TPSA) is 34.0 Å². The molecule has 50 valence electrons. The summed E-state index contributed by atoms with van der Waals surface area (Å²) in [5.41, 5.74) is 0. The van der Waals surface area contributed by atoms with Crippen LogP contribution in [0.1, 0.15) is 13.3 Å². The zero-order valence-corrected chi connectivity index (χ0v) is 5.66. The summed E-state index contributed by atoms with van der Waals surface area (Å²) in [7, 11) is 1.65. The fourth-order valence-corrected chi connectivity index (χ4v) is 0.732. The molecule has 9 heavy (non-hydrogen) atoms. The van der Waals surface area contributed by atoms with E-state index in [1.165, 1.54) is 0 Å². The van der Waals surface area contributed by atoms with Crippen molar-refractivity contribution in [2.75, 3.05) is 7.11 Å². The summed E-state index contributed by atoms with van der Waals surface area (Å²) in [6.07, 6.45) is 2.53. The van der Waals surface area contributed by atoms with Crippen molar-refractivity contribution in [1.29, 1.82) is 0 Å². The lowest BCUT2D eigenvalue weighted by molar-refractivity contribution is 0.265. The van der Waals surface area contributed by atoms with E-state index in [0.717, 1.165) is 12.2 Å². The van der Waals surface area contributed by atoms with Crippen molar-refractivity contribution in [1.82, 2.24) is 0 Å². The van der Waals surface area contributed by atoms with Gasteiger partial charge in [-0.2, -0.15) is 10.2 Å². The third kappa shape index (κ3) is 1.52. The van der Waals surface area contributed by atoms with Gasteiger partial charge in [0.25, 0.3) is 0 Å². The number of hydrogen-bond acceptors (Lipinski definition) is 3. The summed E-state index contributed by atoms with van der Waals surface area (Å²) in [5.74, 6) is 0.914. The molecule has 0 saturated carbocycles. The average molecular weight is 126 g/mol. The second-order valence-corrected chi connectivity index (χ2v) is 2.08. The Bertz CT molecular complexity index is 151. The Morgan fingerprint density at radius 1 is 1.78 bits per heavy atom. The first-order valence-corrected chi connectivity index (χ1v) is 2.96. The minimum atomic E-state index is 0.282. The molecule has 0 saturated heterocycles. The van der Waals surface area contributed by atoms with Gasteiger partial charge in [0.1, 0.15) is 5.76 Å². The molecule has 0 N–H and O–H groups in total. The van der Waals surface area contributed by atoms with Gasteiger partial charge in [-0.1, -0.05) is 0 Å². The van der Waals surface area contributed by atoms with Crippen LogP contribution < -0.4 is 0 Å². The molecule has 1 rings (SSSR count). The van der Waals surface area contributed by atoms with Gasteiger partial charge in [0.15, 0.2) is 0 Å². The lowest BCUT2D eigenvalue weighted by Gasteiger charge is -2.10. The van der Waals surface area contributed by atoms with E-state index >= 15 is 0 Å². The molecule has 1 heterocycles. The van der Waals surface area contributed by atoms with Crippen molar-refractivity contribution < 1.29 is 4.74 Å². The van der Waals surface area contributed by atoms with E-state index in [9.17, 15) is 0 Å². The molecule has 0 unspecified atom stereocenters. The van der Waals surface area contributed by atoms with Crippen molar-refractivity contribution in [2.24, 2.45) is 10.2 Å². The van der Waals surface area contributed by atoms with Crippen molar-refractivity contribution in [3.8, 4) is 0 Å². The Kier molecular flexibility index (Phi) is 1.82. The molecule has 0 bridgehead atoms. The maximum Gasteiger partial charge on any atom is 0.118 e. The van der Waals surface area contributed by atoms with Crippen LogP contribution >= 0.6 is 0 Å². The molecular weight excluding hydrogens is 116 g/mol. The van der Waals surface area contributed by atoms with Crippen molar-refractivity contribution in [3.05, 3.63) is 12.0 Å². The van der Waals surface area contributed by atoms with Gasteiger partial charge in [-0.15, -0.1) is 0 Å². The largest absolute Gasteiger partial charge is 0.499 e. The van der Waals surface area contributed by atoms with Crippen molar-refractivity contribution >= 4 is 0 Å². The number of methoxy groups -OCH3 is 1. The number of azo groups is 1. The molecule has 0 spiro atoms. The van der Waals surface area contributed by atoms with E-state index < -0.39 is 0 Å². The third-order valence-corrected chi connectivity index (χ3v) is 1.22. The lowest BCUT2D eigenvalue weighted by Crippen LogP contribution is -2.03. The van der Waals surface area contributed by atoms with Gasteiger partial charge in [0.05, 0.1) is 19.4 Å². The number of nitrogens with zero attached hydrogens (tertiary/aromatic N) is 2. The van der Waals surface area contributed by atoms with Crippen LogP contribution in [0.2, 0.25) is 0 Å². The zero-order valence-electron chi connectivity index (χ0n) is 5.66. The van der Waals surface area contributed by atoms with Crippen LogP contribution in [0.4, 0.5) is 0 Å². The van der Waals surface area contributed by atoms with Crippen LogP contribution in [0.3, 0.4) is 0 Å². The van der Waals surface area contributed by atoms with Gasteiger partial charge in [-0.25, -0.2) is 0 Å². The second kappa shape index (κ2) is 2.62. The molecule has 0 aromatic carbocycles. The molecule has 0 aliphatic carbocycles. The molecule has 1 aliphatic heterocycles. The highest BCUT2D eigenvalue weighted by atomic mass is 16.5. The number of rotatable bonds is 1. The first-order chi connectivity index (χ1) is 4.33. The Morgan fingerprint density at radius 3 is 3.00 bits per heavy atom. The maximum absolute atomic E-state index is 4.97. The van der Waals surface area contributed by atoms with Crippen LogP contribution in [0.5, 0.6) is 0 Å². The third-order valence-electron chi connectivity index (χ3n) is 1.22. The predicted octanol–water partition coefficient (Wildman–Crippen LogP) is 1.72. The van der Waals surface area contributed by atoms with E-state index in [4.69, 9.17) is 4.74 Å². The summed E-state index contributed by atoms with van der Waals surface area (Å²) in [6, 6.07) is 0.282. The summed E-state index contributed by atoms with van der Waals surface area (Å²) in [4.78, 5) is 0. The quantitative estimate of drug-likeness (QED) is 0.526. The van der Waals surface area contributed by atoms with Crippen molar-refractivity contribution in [2.45, 2.75) is 19.4 Å². The Labute approximate surface area is 54.4 Å². The van der Waals surface area contributed by atoms with Crippen LogP contribution in [-0.2, 0) is 4.74 Å². The molecular formula is C6H10N2O. The first kappa shape index (κ1) is 6.26. The molecule has 0 amide bonds. The minimum absolute atomic E-state index is 0.282. The van der Waals surface area contributed by atoms with Crippen LogP contribution in [0, 0.1) is 0 Å². The molecule has 1 aliphatic rings. The fourth-order valence-electron chi connectivity index (χ4n) is 0.732. The maximum atomic E-state index is 4.97. The van der Waals surface area contributed by atoms with E-state index in [1.54, 1.807) is 13.3 Å². The molecule has 3 nitrogen and oxygen atoms in total. The zero-order chi connectivity index (χ0) is 6.69. The lowest BCUT2D eigenvalue weighted by atomic mass is 10.2. The number of ether oxygens (including phenoxy) is 1. The van der Waals surface area contributed by atoms with Crippen LogP contribution in [0.25, 0.3) is 0 Å². The summed E-state index contributed by atoms with van der Waals surface area (Å²) < 4.78 is 4.97. The van der Waals surface area contributed by atoms with Crippen LogP contribution in [0.15, 0.2) is 22.2 Å². The summed E-state index contributed by atoms with van der Waals surface area (Å²) >= 11 is 0. The van der Waals surface area contributed by atoms with Gasteiger partial charge in [0, 0.05) is 6.42 Å². The van der Waals surface area contributed by atoms with E-state index in [0.29, 0.717) is 0 Å². The van der Waals surface area contributed by atoms with Gasteiger partial charge in [0.2, 0.25) is 0 Å². The highest BCUT2D eigenvalue weighted by Crippen LogP contribution is 2.13. The molecule has 0 radical (unpaired) electrons. The normalized spacial score (nSPS) is 25.6. The first-order valence-electron chi connectivity index (χ1n) is 2.96. The molecule has 1 atom stereocenters. The Morgan fingerprint density at radius 2 is 2.56 bits per heavy atom. The average Bonchev–Trinajstić information content (AvgIpc) is 1.88. The van der Waals surface area contributed by atoms with Gasteiger partial charge in [-0.05, 0) is 6.92 Å². The summed E-state index contributed by atoms with van der Waals surface area (Å²) in [6.45, 7) is 2.01. The summed E-state index contributed by atoms with van der Waals surface area (Å²) in [5, 5.41) is 7.64. The Hall–Kier alpha value is -0.860. The van der Waals surface area contributed by atoms with Crippen LogP contribution in [-0.4, -0.2) is 13.2 Å². The minimum Gasteiger partial charge on any atom is -0.499 e. The smallest absolute Gasteiger partial charge is 0.118 e. The van der Waals surface area contributed by atoms with Gasteiger partial charge >= 0.3 is 0 Å². The monoisotopic (exact) mass is 126 g/mol. The van der Waals surface area contributed by atoms with Gasteiger partial charge < -0.3 is 4.74 Å². The standard InChI is InChI=1S/C6H10N2O/c1-5-3-6(9-2)4-7-8-5/h4-5H,3H2,1-2H3/t5-/m0/s1. The highest BCUT2D eigenvalue weighted by Gasteiger charge is 2.07. The highest BCUT2D eigenvalue weighted by molar-refractivity contribution is 4.96. The molecule has 0 aromatic rings. The second-order valence-electron chi connectivity index (χ2n) is 2.08. The Balaban J connectivity index is 2.55. The number of hydrogen-bond donors (Lipinski definition) is 0. The van der Waals surface area contributed by atoms with E-state index in [1.807, 2.05) is 6.92 Å². The molecule has 0 fully saturated rings. The molecule has 3 heteroatoms. The fraction of sp³-hybridized carbons (Fsp3) is 0.667. The predicted molar refractivity (Wildman–Crippen MR) is 34.0 cm³/mol. The van der Waals surface area contributed by atoms with Gasteiger partial charge in [-0.3, -0.25) is 0 Å². The molecule has 0 aromatic heterocycles. The van der Waals surface area contributed by atoms with E-state index in [2.05, 4.69) is 10.2 Å².